The largest absolute Gasteiger partial charge is 0.478 e. The first-order valence-corrected chi connectivity index (χ1v) is 7.38. The van der Waals surface area contributed by atoms with Gasteiger partial charge in [0.2, 0.25) is 5.91 Å². The van der Waals surface area contributed by atoms with Crippen LogP contribution in [0.2, 0.25) is 0 Å². The quantitative estimate of drug-likeness (QED) is 0.859. The molecule has 1 aromatic carbocycles. The Morgan fingerprint density at radius 1 is 1.29 bits per heavy atom. The van der Waals surface area contributed by atoms with Gasteiger partial charge in [0.15, 0.2) is 0 Å². The Balaban J connectivity index is 1.86. The monoisotopic (exact) mass is 304 g/mol. The maximum atomic E-state index is 11.9. The van der Waals surface area contributed by atoms with Crippen molar-refractivity contribution in [3.63, 3.8) is 0 Å². The van der Waals surface area contributed by atoms with Crippen LogP contribution < -0.4 is 5.32 Å². The second-order valence-corrected chi connectivity index (χ2v) is 5.44. The summed E-state index contributed by atoms with van der Waals surface area (Å²) in [5.41, 5.74) is 1.69. The number of hydrogen-bond donors (Lipinski definition) is 2. The molecule has 0 saturated heterocycles. The lowest BCUT2D eigenvalue weighted by Crippen LogP contribution is -2.13. The van der Waals surface area contributed by atoms with Crippen LogP contribution in [0.5, 0.6) is 0 Å². The Kier molecular flexibility index (Phi) is 5.05. The molecule has 0 radical (unpaired) electrons. The molecule has 21 heavy (non-hydrogen) atoms. The molecule has 1 aromatic heterocycles. The van der Waals surface area contributed by atoms with Crippen LogP contribution in [0, 0.1) is 6.92 Å². The zero-order valence-electron chi connectivity index (χ0n) is 11.6. The highest BCUT2D eigenvalue weighted by Gasteiger charge is 2.18. The molecule has 0 bridgehead atoms. The van der Waals surface area contributed by atoms with E-state index in [9.17, 15) is 9.59 Å². The van der Waals surface area contributed by atoms with E-state index in [1.165, 1.54) is 5.56 Å². The van der Waals surface area contributed by atoms with Crippen LogP contribution in [0.1, 0.15) is 34.5 Å². The molecule has 0 fully saturated rings. The van der Waals surface area contributed by atoms with Crippen LogP contribution in [-0.2, 0) is 11.2 Å². The SMILES string of the molecule is Cc1nsc(NC(=O)CCCc2ccccc2)c1C(=O)O. The number of aryl methyl sites for hydroxylation is 2. The second kappa shape index (κ2) is 6.99. The van der Waals surface area contributed by atoms with Gasteiger partial charge in [-0.05, 0) is 36.9 Å². The van der Waals surface area contributed by atoms with Gasteiger partial charge in [-0.2, -0.15) is 4.37 Å². The number of aromatic nitrogens is 1. The summed E-state index contributed by atoms with van der Waals surface area (Å²) in [5, 5.41) is 12.0. The number of carbonyl (C=O) groups is 2. The summed E-state index contributed by atoms with van der Waals surface area (Å²) >= 11 is 1.000. The van der Waals surface area contributed by atoms with E-state index in [4.69, 9.17) is 5.11 Å². The summed E-state index contributed by atoms with van der Waals surface area (Å²) in [4.78, 5) is 23.0. The van der Waals surface area contributed by atoms with Gasteiger partial charge >= 0.3 is 5.97 Å². The highest BCUT2D eigenvalue weighted by atomic mass is 32.1. The van der Waals surface area contributed by atoms with Crippen molar-refractivity contribution < 1.29 is 14.7 Å². The average Bonchev–Trinajstić information content (AvgIpc) is 2.81. The normalized spacial score (nSPS) is 10.3. The highest BCUT2D eigenvalue weighted by Crippen LogP contribution is 2.24. The topological polar surface area (TPSA) is 79.3 Å². The number of rotatable bonds is 6. The Morgan fingerprint density at radius 3 is 2.67 bits per heavy atom. The molecule has 1 amide bonds. The number of benzene rings is 1. The van der Waals surface area contributed by atoms with E-state index in [2.05, 4.69) is 9.69 Å². The van der Waals surface area contributed by atoms with Crippen molar-refractivity contribution in [3.8, 4) is 0 Å². The molecular weight excluding hydrogens is 288 g/mol. The fourth-order valence-corrected chi connectivity index (χ4v) is 2.80. The van der Waals surface area contributed by atoms with Crippen molar-refractivity contribution in [1.82, 2.24) is 4.37 Å². The first kappa shape index (κ1) is 15.2. The Bertz CT molecular complexity index is 638. The molecule has 2 aromatic rings. The van der Waals surface area contributed by atoms with E-state index in [0.29, 0.717) is 17.1 Å². The number of nitrogens with one attached hydrogen (secondary N) is 1. The van der Waals surface area contributed by atoms with Crippen LogP contribution in [0.25, 0.3) is 0 Å². The molecule has 0 aliphatic carbocycles. The summed E-state index contributed by atoms with van der Waals surface area (Å²) in [6.45, 7) is 1.62. The number of carbonyl (C=O) groups excluding carboxylic acids is 1. The predicted molar refractivity (Wildman–Crippen MR) is 81.8 cm³/mol. The molecule has 110 valence electrons. The summed E-state index contributed by atoms with van der Waals surface area (Å²) < 4.78 is 3.96. The highest BCUT2D eigenvalue weighted by molar-refractivity contribution is 7.11. The lowest BCUT2D eigenvalue weighted by Gasteiger charge is -2.04. The summed E-state index contributed by atoms with van der Waals surface area (Å²) in [6.07, 6.45) is 1.89. The second-order valence-electron chi connectivity index (χ2n) is 4.66. The molecule has 2 rings (SSSR count). The van der Waals surface area contributed by atoms with Gasteiger partial charge in [0.25, 0.3) is 0 Å². The summed E-state index contributed by atoms with van der Waals surface area (Å²) in [6, 6.07) is 9.93. The third kappa shape index (κ3) is 4.13. The number of amides is 1. The molecule has 6 heteroatoms. The minimum absolute atomic E-state index is 0.0800. The summed E-state index contributed by atoms with van der Waals surface area (Å²) in [7, 11) is 0. The van der Waals surface area contributed by atoms with Gasteiger partial charge in [0, 0.05) is 6.42 Å². The van der Waals surface area contributed by atoms with E-state index < -0.39 is 5.97 Å². The molecule has 0 unspecified atom stereocenters. The van der Waals surface area contributed by atoms with E-state index in [0.717, 1.165) is 24.4 Å². The van der Waals surface area contributed by atoms with Crippen molar-refractivity contribution in [2.45, 2.75) is 26.2 Å². The van der Waals surface area contributed by atoms with Crippen molar-refractivity contribution in [1.29, 1.82) is 0 Å². The van der Waals surface area contributed by atoms with Gasteiger partial charge in [0.05, 0.1) is 5.69 Å². The Labute approximate surface area is 126 Å². The first-order valence-electron chi connectivity index (χ1n) is 6.61. The van der Waals surface area contributed by atoms with Crippen molar-refractivity contribution in [2.24, 2.45) is 0 Å². The van der Waals surface area contributed by atoms with Crippen molar-refractivity contribution in [2.75, 3.05) is 5.32 Å². The molecule has 5 nitrogen and oxygen atoms in total. The van der Waals surface area contributed by atoms with Gasteiger partial charge in [-0.25, -0.2) is 4.79 Å². The number of hydrogen-bond acceptors (Lipinski definition) is 4. The zero-order valence-corrected chi connectivity index (χ0v) is 12.4. The number of carboxylic acids is 1. The van der Waals surface area contributed by atoms with E-state index in [1.54, 1.807) is 6.92 Å². The minimum Gasteiger partial charge on any atom is -0.478 e. The van der Waals surface area contributed by atoms with Gasteiger partial charge in [0.1, 0.15) is 10.6 Å². The maximum Gasteiger partial charge on any atom is 0.340 e. The fraction of sp³-hybridized carbons (Fsp3) is 0.267. The van der Waals surface area contributed by atoms with Crippen LogP contribution in [-0.4, -0.2) is 21.4 Å². The maximum absolute atomic E-state index is 11.9. The molecule has 0 atom stereocenters. The predicted octanol–water partition coefficient (Wildman–Crippen LogP) is 3.11. The van der Waals surface area contributed by atoms with Gasteiger partial charge in [-0.1, -0.05) is 30.3 Å². The third-order valence-electron chi connectivity index (χ3n) is 3.04. The molecule has 0 saturated carbocycles. The average molecular weight is 304 g/mol. The van der Waals surface area contributed by atoms with E-state index >= 15 is 0 Å². The standard InChI is InChI=1S/C15H16N2O3S/c1-10-13(15(19)20)14(21-17-10)16-12(18)9-5-8-11-6-3-2-4-7-11/h2-4,6-7H,5,8-9H2,1H3,(H,16,18)(H,19,20). The molecular formula is C15H16N2O3S. The Morgan fingerprint density at radius 2 is 2.00 bits per heavy atom. The number of nitrogens with zero attached hydrogens (tertiary/aromatic N) is 1. The lowest BCUT2D eigenvalue weighted by atomic mass is 10.1. The molecule has 0 spiro atoms. The van der Waals surface area contributed by atoms with E-state index in [1.807, 2.05) is 30.3 Å². The molecule has 0 aliphatic rings. The minimum atomic E-state index is -1.07. The summed E-state index contributed by atoms with van der Waals surface area (Å²) in [5.74, 6) is -1.25. The first-order chi connectivity index (χ1) is 10.1. The van der Waals surface area contributed by atoms with Crippen molar-refractivity contribution in [3.05, 3.63) is 47.2 Å². The van der Waals surface area contributed by atoms with Crippen LogP contribution in [0.3, 0.4) is 0 Å². The molecule has 1 heterocycles. The molecule has 2 N–H and O–H groups in total. The van der Waals surface area contributed by atoms with Gasteiger partial charge in [-0.3, -0.25) is 4.79 Å². The Hall–Kier alpha value is -2.21. The van der Waals surface area contributed by atoms with Crippen LogP contribution in [0.4, 0.5) is 5.00 Å². The third-order valence-corrected chi connectivity index (χ3v) is 3.90. The number of carboxylic acid groups (broad SMARTS) is 1. The zero-order chi connectivity index (χ0) is 15.2. The molecule has 0 aliphatic heterocycles. The fourth-order valence-electron chi connectivity index (χ4n) is 1.99. The lowest BCUT2D eigenvalue weighted by molar-refractivity contribution is -0.116. The van der Waals surface area contributed by atoms with Crippen molar-refractivity contribution >= 4 is 28.4 Å². The van der Waals surface area contributed by atoms with Gasteiger partial charge < -0.3 is 10.4 Å². The van der Waals surface area contributed by atoms with Crippen LogP contribution in [0.15, 0.2) is 30.3 Å². The number of aromatic carboxylic acids is 1. The van der Waals surface area contributed by atoms with Gasteiger partial charge in [-0.15, -0.1) is 0 Å². The van der Waals surface area contributed by atoms with Crippen LogP contribution >= 0.6 is 11.5 Å². The number of anilines is 1. The smallest absolute Gasteiger partial charge is 0.340 e. The van der Waals surface area contributed by atoms with E-state index in [-0.39, 0.29) is 11.5 Å².